The Morgan fingerprint density at radius 3 is 2.00 bits per heavy atom. The Balaban J connectivity index is 1.77. The van der Waals surface area contributed by atoms with Crippen LogP contribution >= 0.6 is 0 Å². The molecule has 182 valence electrons. The number of aliphatic imine (C=N–C) groups is 1. The molecule has 1 atom stereocenters. The van der Waals surface area contributed by atoms with Gasteiger partial charge >= 0.3 is 5.97 Å². The number of carbonyl (C=O) groups is 1. The highest BCUT2D eigenvalue weighted by atomic mass is 16.5. The molecule has 3 aromatic carbocycles. The van der Waals surface area contributed by atoms with Crippen LogP contribution in [-0.4, -0.2) is 30.5 Å². The van der Waals surface area contributed by atoms with Gasteiger partial charge in [-0.3, -0.25) is 9.79 Å². The second-order valence-electron chi connectivity index (χ2n) is 8.36. The summed E-state index contributed by atoms with van der Waals surface area (Å²) < 4.78 is 11.9. The number of methoxy groups -OCH3 is 2. The van der Waals surface area contributed by atoms with Gasteiger partial charge in [0.25, 0.3) is 5.56 Å². The number of ether oxygens (including phenoxy) is 2. The number of esters is 1. The van der Waals surface area contributed by atoms with Crippen molar-refractivity contribution in [2.45, 2.75) is 19.5 Å². The maximum atomic E-state index is 13.1. The summed E-state index contributed by atoms with van der Waals surface area (Å²) in [6.45, 7) is 2.27. The number of hydrogen-bond donors (Lipinski definition) is 0. The summed E-state index contributed by atoms with van der Waals surface area (Å²) in [6, 6.07) is 27.4. The third kappa shape index (κ3) is 5.61. The fourth-order valence-electron chi connectivity index (χ4n) is 4.05. The molecule has 0 fully saturated rings. The van der Waals surface area contributed by atoms with Gasteiger partial charge < -0.3 is 14.0 Å². The molecule has 1 heterocycles. The van der Waals surface area contributed by atoms with E-state index in [-0.39, 0.29) is 5.56 Å². The Morgan fingerprint density at radius 1 is 0.889 bits per heavy atom. The number of benzene rings is 3. The summed E-state index contributed by atoms with van der Waals surface area (Å²) in [5, 5.41) is 0. The first-order valence-electron chi connectivity index (χ1n) is 11.6. The van der Waals surface area contributed by atoms with Crippen molar-refractivity contribution >= 4 is 11.7 Å². The molecule has 4 aromatic rings. The van der Waals surface area contributed by atoms with Crippen molar-refractivity contribution in [2.75, 3.05) is 14.2 Å². The van der Waals surface area contributed by atoms with Crippen LogP contribution in [0.15, 0.2) is 107 Å². The molecule has 0 radical (unpaired) electrons. The van der Waals surface area contributed by atoms with Crippen LogP contribution in [0.5, 0.6) is 5.75 Å². The van der Waals surface area contributed by atoms with Crippen molar-refractivity contribution < 1.29 is 14.3 Å². The fraction of sp³-hybridized carbons (Fsp3) is 0.167. The molecule has 1 aromatic heterocycles. The minimum atomic E-state index is -0.992. The average Bonchev–Trinajstić information content (AvgIpc) is 2.92. The average molecular weight is 481 g/mol. The molecular formula is C30H28N2O4. The molecule has 0 saturated heterocycles. The van der Waals surface area contributed by atoms with E-state index in [4.69, 9.17) is 14.5 Å². The van der Waals surface area contributed by atoms with E-state index >= 15 is 0 Å². The summed E-state index contributed by atoms with van der Waals surface area (Å²) in [4.78, 5) is 30.9. The molecular weight excluding hydrogens is 452 g/mol. The molecule has 6 heteroatoms. The Labute approximate surface area is 210 Å². The predicted molar refractivity (Wildman–Crippen MR) is 141 cm³/mol. The van der Waals surface area contributed by atoms with Crippen LogP contribution in [0.25, 0.3) is 0 Å². The van der Waals surface area contributed by atoms with Gasteiger partial charge in [0.2, 0.25) is 0 Å². The van der Waals surface area contributed by atoms with E-state index in [1.165, 1.54) is 13.2 Å². The molecule has 0 N–H and O–H groups in total. The Morgan fingerprint density at radius 2 is 1.47 bits per heavy atom. The van der Waals surface area contributed by atoms with Gasteiger partial charge in [-0.2, -0.15) is 0 Å². The number of rotatable bonds is 8. The summed E-state index contributed by atoms with van der Waals surface area (Å²) in [5.74, 6) is 0.221. The topological polar surface area (TPSA) is 69.9 Å². The Kier molecular flexibility index (Phi) is 7.75. The zero-order valence-electron chi connectivity index (χ0n) is 20.5. The third-order valence-corrected chi connectivity index (χ3v) is 5.95. The lowest BCUT2D eigenvalue weighted by atomic mass is 9.99. The number of carbonyl (C=O) groups excluding carboxylic acids is 1. The fourth-order valence-corrected chi connectivity index (χ4v) is 4.05. The predicted octanol–water partition coefficient (Wildman–Crippen LogP) is 4.97. The van der Waals surface area contributed by atoms with Gasteiger partial charge in [-0.25, -0.2) is 4.79 Å². The molecule has 0 aliphatic carbocycles. The van der Waals surface area contributed by atoms with Crippen molar-refractivity contribution in [3.8, 4) is 5.75 Å². The first kappa shape index (κ1) is 24.7. The normalized spacial score (nSPS) is 11.4. The number of aromatic nitrogens is 1. The first-order valence-corrected chi connectivity index (χ1v) is 11.6. The van der Waals surface area contributed by atoms with Crippen molar-refractivity contribution in [1.82, 2.24) is 4.57 Å². The van der Waals surface area contributed by atoms with E-state index in [0.717, 1.165) is 28.0 Å². The third-order valence-electron chi connectivity index (χ3n) is 5.95. The molecule has 6 nitrogen and oxygen atoms in total. The first-order chi connectivity index (χ1) is 17.5. The zero-order valence-corrected chi connectivity index (χ0v) is 20.5. The van der Waals surface area contributed by atoms with Crippen LogP contribution < -0.4 is 10.3 Å². The highest BCUT2D eigenvalue weighted by molar-refractivity contribution is 6.13. The lowest BCUT2D eigenvalue weighted by molar-refractivity contribution is -0.142. The molecule has 0 bridgehead atoms. The molecule has 0 amide bonds. The minimum absolute atomic E-state index is 0.225. The van der Waals surface area contributed by atoms with E-state index in [2.05, 4.69) is 0 Å². The largest absolute Gasteiger partial charge is 0.497 e. The molecule has 4 rings (SSSR count). The van der Waals surface area contributed by atoms with E-state index in [1.54, 1.807) is 17.9 Å². The van der Waals surface area contributed by atoms with E-state index < -0.39 is 12.0 Å². The molecule has 0 spiro atoms. The lowest BCUT2D eigenvalue weighted by Crippen LogP contribution is -2.24. The van der Waals surface area contributed by atoms with E-state index in [9.17, 15) is 9.59 Å². The van der Waals surface area contributed by atoms with Crippen LogP contribution in [0, 0.1) is 6.92 Å². The number of hydrogen-bond acceptors (Lipinski definition) is 5. The summed E-state index contributed by atoms with van der Waals surface area (Å²) >= 11 is 0. The SMILES string of the molecule is COC(=O)C(N=C(c1ccccc1)c1ccccc1)c1cc(=O)n(Cc2ccc(OC)cc2)cc1C. The lowest BCUT2D eigenvalue weighted by Gasteiger charge is -2.18. The number of nitrogens with zero attached hydrogens (tertiary/aromatic N) is 2. The standard InChI is InChI=1S/C30H28N2O4/c1-21-19-32(20-22-14-16-25(35-2)17-15-22)27(33)18-26(21)29(30(34)36-3)31-28(23-10-6-4-7-11-23)24-12-8-5-9-13-24/h4-19,29H,20H2,1-3H3. The van der Waals surface area contributed by atoms with Gasteiger partial charge in [0.15, 0.2) is 6.04 Å². The summed E-state index contributed by atoms with van der Waals surface area (Å²) in [6.07, 6.45) is 1.76. The smallest absolute Gasteiger partial charge is 0.335 e. The van der Waals surface area contributed by atoms with Crippen molar-refractivity contribution in [2.24, 2.45) is 4.99 Å². The van der Waals surface area contributed by atoms with Gasteiger partial charge in [0.1, 0.15) is 5.75 Å². The van der Waals surface area contributed by atoms with Crippen LogP contribution in [0.4, 0.5) is 0 Å². The summed E-state index contributed by atoms with van der Waals surface area (Å²) in [5.41, 5.74) is 4.39. The van der Waals surface area contributed by atoms with Crippen molar-refractivity contribution in [3.63, 3.8) is 0 Å². The van der Waals surface area contributed by atoms with E-state index in [0.29, 0.717) is 17.8 Å². The second kappa shape index (κ2) is 11.3. The van der Waals surface area contributed by atoms with Gasteiger partial charge in [0.05, 0.1) is 26.5 Å². The maximum Gasteiger partial charge on any atom is 0.335 e. The van der Waals surface area contributed by atoms with Crippen LogP contribution in [0.1, 0.15) is 33.9 Å². The van der Waals surface area contributed by atoms with Crippen LogP contribution in [0.3, 0.4) is 0 Å². The Hall–Kier alpha value is -4.45. The van der Waals surface area contributed by atoms with Gasteiger partial charge in [-0.05, 0) is 35.7 Å². The van der Waals surface area contributed by atoms with Gasteiger partial charge in [0, 0.05) is 23.4 Å². The van der Waals surface area contributed by atoms with Gasteiger partial charge in [-0.1, -0.05) is 72.8 Å². The maximum absolute atomic E-state index is 13.1. The van der Waals surface area contributed by atoms with Crippen LogP contribution in [-0.2, 0) is 16.1 Å². The zero-order chi connectivity index (χ0) is 25.5. The quantitative estimate of drug-likeness (QED) is 0.264. The number of pyridine rings is 1. The second-order valence-corrected chi connectivity index (χ2v) is 8.36. The molecule has 0 aliphatic rings. The molecule has 36 heavy (non-hydrogen) atoms. The minimum Gasteiger partial charge on any atom is -0.497 e. The Bertz CT molecular complexity index is 1370. The number of aryl methyl sites for hydroxylation is 1. The molecule has 0 aliphatic heterocycles. The van der Waals surface area contributed by atoms with Crippen molar-refractivity contribution in [1.29, 1.82) is 0 Å². The van der Waals surface area contributed by atoms with E-state index in [1.807, 2.05) is 91.9 Å². The highest BCUT2D eigenvalue weighted by Gasteiger charge is 2.25. The molecule has 0 saturated carbocycles. The van der Waals surface area contributed by atoms with Crippen molar-refractivity contribution in [3.05, 3.63) is 135 Å². The highest BCUT2D eigenvalue weighted by Crippen LogP contribution is 2.25. The van der Waals surface area contributed by atoms with Gasteiger partial charge in [-0.15, -0.1) is 0 Å². The van der Waals surface area contributed by atoms with Crippen LogP contribution in [0.2, 0.25) is 0 Å². The molecule has 1 unspecified atom stereocenters. The summed E-state index contributed by atoms with van der Waals surface area (Å²) in [7, 11) is 2.94. The monoisotopic (exact) mass is 480 g/mol.